The molecule has 2 unspecified atom stereocenters. The van der Waals surface area contributed by atoms with Crippen LogP contribution in [0.15, 0.2) is 24.3 Å². The average Bonchev–Trinajstić information content (AvgIpc) is 3.14. The first-order chi connectivity index (χ1) is 12.9. The Hall–Kier alpha value is -1.56. The van der Waals surface area contributed by atoms with Crippen LogP contribution in [0.5, 0.6) is 0 Å². The zero-order chi connectivity index (χ0) is 19.1. The van der Waals surface area contributed by atoms with Crippen molar-refractivity contribution in [3.63, 3.8) is 0 Å². The molecule has 2 atom stereocenters. The Balaban J connectivity index is 0.00000225. The Kier molecular flexibility index (Phi) is 6.37. The van der Waals surface area contributed by atoms with E-state index in [2.05, 4.69) is 10.4 Å². The number of carbonyl (C=O) groups is 1. The summed E-state index contributed by atoms with van der Waals surface area (Å²) < 4.78 is 1.90. The van der Waals surface area contributed by atoms with Crippen molar-refractivity contribution in [2.75, 3.05) is 7.05 Å². The first kappa shape index (κ1) is 21.2. The lowest BCUT2D eigenvalue weighted by atomic mass is 9.98. The Morgan fingerprint density at radius 1 is 1.21 bits per heavy atom. The summed E-state index contributed by atoms with van der Waals surface area (Å²) in [4.78, 5) is 15.0. The summed E-state index contributed by atoms with van der Waals surface area (Å²) in [5.74, 6) is 0.183. The summed E-state index contributed by atoms with van der Waals surface area (Å²) in [6.07, 6.45) is 5.03. The van der Waals surface area contributed by atoms with Gasteiger partial charge in [0.25, 0.3) is 0 Å². The summed E-state index contributed by atoms with van der Waals surface area (Å²) in [5.41, 5.74) is 3.91. The molecule has 2 aliphatic heterocycles. The Labute approximate surface area is 177 Å². The van der Waals surface area contributed by atoms with Gasteiger partial charge in [-0.15, -0.1) is 12.4 Å². The van der Waals surface area contributed by atoms with Gasteiger partial charge in [-0.3, -0.25) is 4.79 Å². The molecule has 0 saturated carbocycles. The molecule has 7 heteroatoms. The van der Waals surface area contributed by atoms with E-state index in [9.17, 15) is 4.79 Å². The molecule has 2 bridgehead atoms. The lowest BCUT2D eigenvalue weighted by molar-refractivity contribution is -0.131. The third-order valence-electron chi connectivity index (χ3n) is 6.23. The molecule has 2 aliphatic rings. The number of hydrogen-bond acceptors (Lipinski definition) is 3. The van der Waals surface area contributed by atoms with Gasteiger partial charge < -0.3 is 10.2 Å². The van der Waals surface area contributed by atoms with Crippen LogP contribution in [-0.4, -0.2) is 45.8 Å². The van der Waals surface area contributed by atoms with Crippen LogP contribution in [0.3, 0.4) is 0 Å². The summed E-state index contributed by atoms with van der Waals surface area (Å²) in [6.45, 7) is 4.01. The van der Waals surface area contributed by atoms with E-state index in [-0.39, 0.29) is 18.3 Å². The second-order valence-electron chi connectivity index (χ2n) is 7.98. The molecule has 2 saturated heterocycles. The lowest BCUT2D eigenvalue weighted by Crippen LogP contribution is -2.49. The summed E-state index contributed by atoms with van der Waals surface area (Å²) in [5, 5.41) is 9.01. The van der Waals surface area contributed by atoms with Crippen LogP contribution in [-0.2, 0) is 11.2 Å². The molecule has 152 valence electrons. The molecule has 2 fully saturated rings. The molecular weight excluding hydrogens is 395 g/mol. The third kappa shape index (κ3) is 4.07. The van der Waals surface area contributed by atoms with Crippen molar-refractivity contribution in [2.45, 2.75) is 64.1 Å². The molecular formula is C21H28Cl2N4O. The van der Waals surface area contributed by atoms with Crippen molar-refractivity contribution in [1.29, 1.82) is 0 Å². The minimum atomic E-state index is 0. The van der Waals surface area contributed by atoms with Crippen LogP contribution in [0.25, 0.3) is 5.69 Å². The Morgan fingerprint density at radius 2 is 1.82 bits per heavy atom. The highest BCUT2D eigenvalue weighted by atomic mass is 35.5. The number of carbonyl (C=O) groups excluding carboxylic acids is 1. The fourth-order valence-electron chi connectivity index (χ4n) is 4.59. The van der Waals surface area contributed by atoms with Gasteiger partial charge in [-0.1, -0.05) is 11.6 Å². The number of halogens is 2. The summed E-state index contributed by atoms with van der Waals surface area (Å²) in [7, 11) is 1.96. The van der Waals surface area contributed by atoms with Crippen LogP contribution in [0.1, 0.15) is 42.6 Å². The lowest BCUT2D eigenvalue weighted by Gasteiger charge is -2.35. The van der Waals surface area contributed by atoms with Gasteiger partial charge >= 0.3 is 0 Å². The standard InChI is InChI=1S/C21H27ClN4O.ClH/c1-13-20(14(2)26(24-13)18-8-4-15(22)5-9-18)12-21(27)25(3)19-10-16-6-7-17(11-19)23-16;/h4-5,8-9,16-17,19,23H,6-7,10-12H2,1-3H3;1H. The molecule has 4 rings (SSSR count). The molecule has 28 heavy (non-hydrogen) atoms. The van der Waals surface area contributed by atoms with E-state index in [1.807, 2.05) is 54.7 Å². The Morgan fingerprint density at radius 3 is 2.43 bits per heavy atom. The highest BCUT2D eigenvalue weighted by Crippen LogP contribution is 2.30. The van der Waals surface area contributed by atoms with Crippen molar-refractivity contribution < 1.29 is 4.79 Å². The SMILES string of the molecule is Cc1nn(-c2ccc(Cl)cc2)c(C)c1CC(=O)N(C)C1CC2CCC(C1)N2.Cl. The predicted molar refractivity (Wildman–Crippen MR) is 115 cm³/mol. The topological polar surface area (TPSA) is 50.2 Å². The monoisotopic (exact) mass is 422 g/mol. The molecule has 1 aromatic heterocycles. The smallest absolute Gasteiger partial charge is 0.227 e. The minimum absolute atomic E-state index is 0. The highest BCUT2D eigenvalue weighted by Gasteiger charge is 2.36. The van der Waals surface area contributed by atoms with Gasteiger partial charge in [-0.25, -0.2) is 4.68 Å². The fourth-order valence-corrected chi connectivity index (χ4v) is 4.71. The number of fused-ring (bicyclic) bond motifs is 2. The van der Waals surface area contributed by atoms with Crippen LogP contribution < -0.4 is 5.32 Å². The van der Waals surface area contributed by atoms with Gasteiger partial charge in [0.2, 0.25) is 5.91 Å². The molecule has 0 aliphatic carbocycles. The second kappa shape index (κ2) is 8.44. The number of likely N-dealkylation sites (N-methyl/N-ethyl adjacent to an activating group) is 1. The van der Waals surface area contributed by atoms with Crippen LogP contribution >= 0.6 is 24.0 Å². The number of rotatable bonds is 4. The number of nitrogens with zero attached hydrogens (tertiary/aromatic N) is 3. The number of piperidine rings is 1. The normalized spacial score (nSPS) is 23.4. The number of hydrogen-bond donors (Lipinski definition) is 1. The van der Waals surface area contributed by atoms with Crippen LogP contribution in [0.2, 0.25) is 5.02 Å². The summed E-state index contributed by atoms with van der Waals surface area (Å²) in [6, 6.07) is 9.13. The third-order valence-corrected chi connectivity index (χ3v) is 6.48. The zero-order valence-corrected chi connectivity index (χ0v) is 18.2. The highest BCUT2D eigenvalue weighted by molar-refractivity contribution is 6.30. The second-order valence-corrected chi connectivity index (χ2v) is 8.42. The van der Waals surface area contributed by atoms with Crippen molar-refractivity contribution >= 4 is 29.9 Å². The predicted octanol–water partition coefficient (Wildman–Crippen LogP) is 3.85. The molecule has 1 N–H and O–H groups in total. The first-order valence-electron chi connectivity index (χ1n) is 9.75. The largest absolute Gasteiger partial charge is 0.342 e. The molecule has 0 radical (unpaired) electrons. The van der Waals surface area contributed by atoms with Crippen molar-refractivity contribution in [3.05, 3.63) is 46.2 Å². The van der Waals surface area contributed by atoms with E-state index in [1.165, 1.54) is 12.8 Å². The van der Waals surface area contributed by atoms with Crippen LogP contribution in [0, 0.1) is 13.8 Å². The maximum atomic E-state index is 13.0. The minimum Gasteiger partial charge on any atom is -0.342 e. The van der Waals surface area contributed by atoms with E-state index < -0.39 is 0 Å². The summed E-state index contributed by atoms with van der Waals surface area (Å²) >= 11 is 5.99. The fraction of sp³-hybridized carbons (Fsp3) is 0.524. The van der Waals surface area contributed by atoms with Crippen molar-refractivity contribution in [1.82, 2.24) is 20.0 Å². The van der Waals surface area contributed by atoms with Crippen molar-refractivity contribution in [2.24, 2.45) is 0 Å². The molecule has 1 aromatic carbocycles. The van der Waals surface area contributed by atoms with E-state index >= 15 is 0 Å². The number of benzene rings is 1. The first-order valence-corrected chi connectivity index (χ1v) is 10.1. The van der Waals surface area contributed by atoms with Crippen molar-refractivity contribution in [3.8, 4) is 5.69 Å². The van der Waals surface area contributed by atoms with Gasteiger partial charge in [0, 0.05) is 41.5 Å². The number of amides is 1. The number of aryl methyl sites for hydroxylation is 1. The number of aromatic nitrogens is 2. The Bertz CT molecular complexity index is 837. The van der Waals surface area contributed by atoms with Crippen LogP contribution in [0.4, 0.5) is 0 Å². The van der Waals surface area contributed by atoms with Gasteiger partial charge in [0.15, 0.2) is 0 Å². The van der Waals surface area contributed by atoms with E-state index in [1.54, 1.807) is 0 Å². The van der Waals surface area contributed by atoms with E-state index in [0.29, 0.717) is 29.6 Å². The molecule has 1 amide bonds. The molecule has 2 aromatic rings. The molecule has 0 spiro atoms. The molecule has 5 nitrogen and oxygen atoms in total. The quantitative estimate of drug-likeness (QED) is 0.813. The zero-order valence-electron chi connectivity index (χ0n) is 16.6. The van der Waals surface area contributed by atoms with E-state index in [0.717, 1.165) is 35.5 Å². The maximum Gasteiger partial charge on any atom is 0.227 e. The van der Waals surface area contributed by atoms with Gasteiger partial charge in [-0.05, 0) is 63.8 Å². The number of nitrogens with one attached hydrogen (secondary N) is 1. The van der Waals surface area contributed by atoms with E-state index in [4.69, 9.17) is 11.6 Å². The maximum absolute atomic E-state index is 13.0. The van der Waals surface area contributed by atoms with Gasteiger partial charge in [0.1, 0.15) is 0 Å². The van der Waals surface area contributed by atoms with Gasteiger partial charge in [-0.2, -0.15) is 5.10 Å². The van der Waals surface area contributed by atoms with Gasteiger partial charge in [0.05, 0.1) is 17.8 Å². The molecule has 3 heterocycles. The average molecular weight is 423 g/mol.